The van der Waals surface area contributed by atoms with Crippen LogP contribution in [0.3, 0.4) is 0 Å². The number of pyridine rings is 1. The van der Waals surface area contributed by atoms with E-state index in [2.05, 4.69) is 37.3 Å². The Balaban J connectivity index is 2.42. The van der Waals surface area contributed by atoms with Gasteiger partial charge in [-0.2, -0.15) is 0 Å². The lowest BCUT2D eigenvalue weighted by Gasteiger charge is -2.01. The molecule has 2 aromatic rings. The van der Waals surface area contributed by atoms with E-state index in [1.54, 1.807) is 0 Å². The summed E-state index contributed by atoms with van der Waals surface area (Å²) in [5.74, 6) is 0. The molecule has 1 aromatic carbocycles. The molecule has 2 nitrogen and oxygen atoms in total. The first-order chi connectivity index (χ1) is 7.81. The Morgan fingerprint density at radius 2 is 1.81 bits per heavy atom. The van der Waals surface area contributed by atoms with E-state index in [0.717, 1.165) is 5.69 Å². The zero-order valence-electron chi connectivity index (χ0n) is 9.68. The molecule has 0 saturated heterocycles. The van der Waals surface area contributed by atoms with Gasteiger partial charge in [-0.15, -0.1) is 0 Å². The molecule has 0 unspecified atom stereocenters. The fourth-order valence-corrected chi connectivity index (χ4v) is 1.63. The Morgan fingerprint density at radius 3 is 2.50 bits per heavy atom. The summed E-state index contributed by atoms with van der Waals surface area (Å²) in [7, 11) is 0. The summed E-state index contributed by atoms with van der Waals surface area (Å²) in [6, 6.07) is 14.5. The van der Waals surface area contributed by atoms with Gasteiger partial charge in [0.25, 0.3) is 5.69 Å². The summed E-state index contributed by atoms with van der Waals surface area (Å²) < 4.78 is 1.81. The average Bonchev–Trinajstić information content (AvgIpc) is 2.32. The lowest BCUT2D eigenvalue weighted by molar-refractivity contribution is -0.882. The molecule has 0 N–H and O–H groups in total. The molecular formula is C14H16NO+. The van der Waals surface area contributed by atoms with Gasteiger partial charge in [-0.3, -0.25) is 4.84 Å². The van der Waals surface area contributed by atoms with Crippen molar-refractivity contribution >= 4 is 0 Å². The lowest BCUT2D eigenvalue weighted by Crippen LogP contribution is -2.44. The van der Waals surface area contributed by atoms with Crippen molar-refractivity contribution in [3.05, 3.63) is 54.2 Å². The molecule has 2 rings (SSSR count). The maximum absolute atomic E-state index is 5.54. The van der Waals surface area contributed by atoms with Crippen LogP contribution in [0.25, 0.3) is 11.3 Å². The number of benzene rings is 1. The third kappa shape index (κ3) is 2.22. The van der Waals surface area contributed by atoms with E-state index in [-0.39, 0.29) is 0 Å². The third-order valence-electron chi connectivity index (χ3n) is 2.44. The third-order valence-corrected chi connectivity index (χ3v) is 2.44. The Labute approximate surface area is 96.1 Å². The van der Waals surface area contributed by atoms with E-state index < -0.39 is 0 Å². The van der Waals surface area contributed by atoms with Crippen molar-refractivity contribution in [2.75, 3.05) is 6.61 Å². The fourth-order valence-electron chi connectivity index (χ4n) is 1.63. The van der Waals surface area contributed by atoms with Crippen LogP contribution in [0.15, 0.2) is 48.7 Å². The van der Waals surface area contributed by atoms with E-state index >= 15 is 0 Å². The highest BCUT2D eigenvalue weighted by Gasteiger charge is 2.12. The zero-order chi connectivity index (χ0) is 11.4. The van der Waals surface area contributed by atoms with E-state index in [4.69, 9.17) is 4.84 Å². The van der Waals surface area contributed by atoms with Crippen molar-refractivity contribution in [1.29, 1.82) is 0 Å². The van der Waals surface area contributed by atoms with E-state index in [0.29, 0.717) is 6.61 Å². The van der Waals surface area contributed by atoms with Crippen molar-refractivity contribution in [3.63, 3.8) is 0 Å². The van der Waals surface area contributed by atoms with Crippen LogP contribution in [0.5, 0.6) is 0 Å². The van der Waals surface area contributed by atoms with Crippen LogP contribution in [-0.4, -0.2) is 6.61 Å². The number of rotatable bonds is 3. The summed E-state index contributed by atoms with van der Waals surface area (Å²) in [5.41, 5.74) is 3.51. The second-order valence-electron chi connectivity index (χ2n) is 3.70. The van der Waals surface area contributed by atoms with Gasteiger partial charge in [0.15, 0.2) is 6.61 Å². The molecule has 16 heavy (non-hydrogen) atoms. The highest BCUT2D eigenvalue weighted by molar-refractivity contribution is 5.56. The highest BCUT2D eigenvalue weighted by atomic mass is 16.7. The van der Waals surface area contributed by atoms with Crippen molar-refractivity contribution in [2.24, 2.45) is 0 Å². The maximum Gasteiger partial charge on any atom is 0.264 e. The first kappa shape index (κ1) is 10.7. The van der Waals surface area contributed by atoms with Crippen molar-refractivity contribution in [3.8, 4) is 11.3 Å². The van der Waals surface area contributed by atoms with Crippen LogP contribution >= 0.6 is 0 Å². The van der Waals surface area contributed by atoms with Gasteiger partial charge in [-0.05, 0) is 32.0 Å². The van der Waals surface area contributed by atoms with Crippen LogP contribution in [0, 0.1) is 6.92 Å². The van der Waals surface area contributed by atoms with Crippen LogP contribution < -0.4 is 9.57 Å². The standard InChI is InChI=1S/C14H16NO/c1-3-16-15-11-5-4-6-14(15)13-9-7-12(2)8-10-13/h4-11H,3H2,1-2H3/q+1. The first-order valence-electron chi connectivity index (χ1n) is 5.52. The molecule has 0 bridgehead atoms. The summed E-state index contributed by atoms with van der Waals surface area (Å²) in [5, 5.41) is 0. The number of hydrogen-bond donors (Lipinski definition) is 0. The Kier molecular flexibility index (Phi) is 3.20. The Bertz CT molecular complexity index is 462. The van der Waals surface area contributed by atoms with Gasteiger partial charge in [0, 0.05) is 16.9 Å². The lowest BCUT2D eigenvalue weighted by atomic mass is 10.1. The number of hydrogen-bond acceptors (Lipinski definition) is 1. The number of aromatic nitrogens is 1. The van der Waals surface area contributed by atoms with Crippen LogP contribution in [0.1, 0.15) is 12.5 Å². The zero-order valence-corrected chi connectivity index (χ0v) is 9.68. The van der Waals surface area contributed by atoms with Gasteiger partial charge < -0.3 is 0 Å². The Morgan fingerprint density at radius 1 is 1.06 bits per heavy atom. The van der Waals surface area contributed by atoms with Crippen molar-refractivity contribution < 1.29 is 9.57 Å². The van der Waals surface area contributed by atoms with Gasteiger partial charge in [-0.1, -0.05) is 17.7 Å². The molecule has 0 spiro atoms. The van der Waals surface area contributed by atoms with Crippen LogP contribution in [0.2, 0.25) is 0 Å². The second-order valence-corrected chi connectivity index (χ2v) is 3.70. The van der Waals surface area contributed by atoms with Gasteiger partial charge in [0.1, 0.15) is 0 Å². The molecule has 0 aliphatic rings. The molecule has 0 saturated carbocycles. The fraction of sp³-hybridized carbons (Fsp3) is 0.214. The largest absolute Gasteiger partial charge is 0.271 e. The molecule has 0 fully saturated rings. The van der Waals surface area contributed by atoms with Gasteiger partial charge in [0.05, 0.1) is 5.56 Å². The summed E-state index contributed by atoms with van der Waals surface area (Å²) in [4.78, 5) is 5.54. The molecule has 1 aromatic heterocycles. The molecular weight excluding hydrogens is 198 g/mol. The summed E-state index contributed by atoms with van der Waals surface area (Å²) in [6.07, 6.45) is 1.93. The molecule has 82 valence electrons. The minimum Gasteiger partial charge on any atom is -0.271 e. The smallest absolute Gasteiger partial charge is 0.264 e. The van der Waals surface area contributed by atoms with E-state index in [9.17, 15) is 0 Å². The topological polar surface area (TPSA) is 13.1 Å². The molecule has 0 amide bonds. The monoisotopic (exact) mass is 214 g/mol. The normalized spacial score (nSPS) is 10.1. The van der Waals surface area contributed by atoms with Crippen molar-refractivity contribution in [1.82, 2.24) is 0 Å². The highest BCUT2D eigenvalue weighted by Crippen LogP contribution is 2.15. The first-order valence-corrected chi connectivity index (χ1v) is 5.52. The molecule has 0 radical (unpaired) electrons. The number of nitrogens with zero attached hydrogens (tertiary/aromatic N) is 1. The Hall–Kier alpha value is -1.83. The van der Waals surface area contributed by atoms with E-state index in [1.165, 1.54) is 11.1 Å². The van der Waals surface area contributed by atoms with Crippen molar-refractivity contribution in [2.45, 2.75) is 13.8 Å². The predicted molar refractivity (Wildman–Crippen MR) is 63.9 cm³/mol. The van der Waals surface area contributed by atoms with E-state index in [1.807, 2.05) is 30.0 Å². The molecule has 2 heteroatoms. The summed E-state index contributed by atoms with van der Waals surface area (Å²) >= 11 is 0. The van der Waals surface area contributed by atoms with Gasteiger partial charge in [-0.25, -0.2) is 0 Å². The minimum absolute atomic E-state index is 0.660. The average molecular weight is 214 g/mol. The second kappa shape index (κ2) is 4.79. The minimum atomic E-state index is 0.660. The maximum atomic E-state index is 5.54. The molecule has 0 aliphatic heterocycles. The van der Waals surface area contributed by atoms with Gasteiger partial charge in [0.2, 0.25) is 6.20 Å². The van der Waals surface area contributed by atoms with Gasteiger partial charge >= 0.3 is 0 Å². The SMILES string of the molecule is CCO[n+]1ccccc1-c1ccc(C)cc1. The molecule has 1 heterocycles. The predicted octanol–water partition coefficient (Wildman–Crippen LogP) is 2.40. The van der Waals surface area contributed by atoms with Crippen LogP contribution in [0.4, 0.5) is 0 Å². The molecule has 0 atom stereocenters. The van der Waals surface area contributed by atoms with Crippen LogP contribution in [-0.2, 0) is 0 Å². The number of aryl methyl sites for hydroxylation is 1. The molecule has 0 aliphatic carbocycles. The summed E-state index contributed by atoms with van der Waals surface area (Å²) in [6.45, 7) is 4.73. The quantitative estimate of drug-likeness (QED) is 0.715.